The van der Waals surface area contributed by atoms with Crippen LogP contribution in [0, 0.1) is 6.92 Å². The van der Waals surface area contributed by atoms with E-state index in [9.17, 15) is 9.59 Å². The Morgan fingerprint density at radius 3 is 2.86 bits per heavy atom. The maximum atomic E-state index is 11.3. The molecular formula is C8H9ClN2O3. The van der Waals surface area contributed by atoms with Gasteiger partial charge in [-0.05, 0) is 13.8 Å². The first-order chi connectivity index (χ1) is 6.57. The molecule has 5 nitrogen and oxygen atoms in total. The van der Waals surface area contributed by atoms with Crippen molar-refractivity contribution in [1.82, 2.24) is 10.2 Å². The molecule has 0 fully saturated rings. The molecule has 1 heterocycles. The van der Waals surface area contributed by atoms with Gasteiger partial charge < -0.3 is 4.74 Å². The average molecular weight is 217 g/mol. The van der Waals surface area contributed by atoms with E-state index in [4.69, 9.17) is 16.3 Å². The van der Waals surface area contributed by atoms with Gasteiger partial charge >= 0.3 is 5.97 Å². The second kappa shape index (κ2) is 4.23. The van der Waals surface area contributed by atoms with Gasteiger partial charge in [-0.1, -0.05) is 11.6 Å². The number of aromatic amines is 1. The number of hydrogen-bond acceptors (Lipinski definition) is 4. The Morgan fingerprint density at radius 1 is 1.64 bits per heavy atom. The van der Waals surface area contributed by atoms with Crippen LogP contribution in [0.1, 0.15) is 22.8 Å². The van der Waals surface area contributed by atoms with Crippen LogP contribution in [0.4, 0.5) is 0 Å². The predicted molar refractivity (Wildman–Crippen MR) is 50.6 cm³/mol. The van der Waals surface area contributed by atoms with E-state index in [1.54, 1.807) is 6.92 Å². The Labute approximate surface area is 85.0 Å². The highest BCUT2D eigenvalue weighted by atomic mass is 35.5. The molecule has 1 aromatic rings. The van der Waals surface area contributed by atoms with Crippen molar-refractivity contribution in [3.05, 3.63) is 26.6 Å². The molecule has 0 spiro atoms. The smallest absolute Gasteiger partial charge is 0.341 e. The van der Waals surface area contributed by atoms with Crippen LogP contribution in [0.5, 0.6) is 0 Å². The maximum Gasteiger partial charge on any atom is 0.341 e. The van der Waals surface area contributed by atoms with Gasteiger partial charge in [-0.15, -0.1) is 0 Å². The monoisotopic (exact) mass is 216 g/mol. The maximum absolute atomic E-state index is 11.3. The van der Waals surface area contributed by atoms with Crippen LogP contribution < -0.4 is 5.56 Å². The lowest BCUT2D eigenvalue weighted by molar-refractivity contribution is 0.0525. The Hall–Kier alpha value is -1.36. The first-order valence-corrected chi connectivity index (χ1v) is 4.37. The number of carbonyl (C=O) groups excluding carboxylic acids is 1. The van der Waals surface area contributed by atoms with Crippen LogP contribution in [0.3, 0.4) is 0 Å². The molecule has 76 valence electrons. The summed E-state index contributed by atoms with van der Waals surface area (Å²) >= 11 is 5.65. The molecule has 14 heavy (non-hydrogen) atoms. The Morgan fingerprint density at radius 2 is 2.29 bits per heavy atom. The fraction of sp³-hybridized carbons (Fsp3) is 0.375. The number of aromatic nitrogens is 2. The Bertz CT molecular complexity index is 414. The van der Waals surface area contributed by atoms with Crippen LogP contribution in [-0.2, 0) is 4.74 Å². The molecule has 0 aromatic carbocycles. The molecule has 6 heteroatoms. The summed E-state index contributed by atoms with van der Waals surface area (Å²) in [5.74, 6) is -0.631. The zero-order valence-corrected chi connectivity index (χ0v) is 8.51. The molecule has 0 amide bonds. The van der Waals surface area contributed by atoms with Gasteiger partial charge in [0.15, 0.2) is 5.15 Å². The molecule has 1 aromatic heterocycles. The van der Waals surface area contributed by atoms with Gasteiger partial charge in [0.2, 0.25) is 0 Å². The molecule has 0 atom stereocenters. The van der Waals surface area contributed by atoms with Crippen molar-refractivity contribution in [2.24, 2.45) is 0 Å². The van der Waals surface area contributed by atoms with E-state index in [-0.39, 0.29) is 22.9 Å². The minimum Gasteiger partial charge on any atom is -0.462 e. The van der Waals surface area contributed by atoms with Gasteiger partial charge in [-0.25, -0.2) is 9.89 Å². The van der Waals surface area contributed by atoms with Crippen molar-refractivity contribution in [2.45, 2.75) is 13.8 Å². The first-order valence-electron chi connectivity index (χ1n) is 3.99. The van der Waals surface area contributed by atoms with Gasteiger partial charge in [0.05, 0.1) is 6.61 Å². The van der Waals surface area contributed by atoms with Crippen LogP contribution in [0.2, 0.25) is 5.15 Å². The number of nitrogens with one attached hydrogen (secondary N) is 1. The number of nitrogens with zero attached hydrogens (tertiary/aromatic N) is 1. The number of ether oxygens (including phenoxy) is 1. The van der Waals surface area contributed by atoms with E-state index in [2.05, 4.69) is 10.2 Å². The second-order valence-corrected chi connectivity index (χ2v) is 2.92. The third-order valence-electron chi connectivity index (χ3n) is 1.66. The quantitative estimate of drug-likeness (QED) is 0.746. The van der Waals surface area contributed by atoms with Crippen LogP contribution in [0.15, 0.2) is 4.79 Å². The molecule has 0 bridgehead atoms. The van der Waals surface area contributed by atoms with E-state index in [0.717, 1.165) is 0 Å². The van der Waals surface area contributed by atoms with E-state index in [1.165, 1.54) is 6.92 Å². The van der Waals surface area contributed by atoms with Crippen molar-refractivity contribution >= 4 is 17.6 Å². The molecule has 0 aliphatic heterocycles. The second-order valence-electron chi connectivity index (χ2n) is 2.56. The number of rotatable bonds is 2. The third-order valence-corrected chi connectivity index (χ3v) is 1.93. The number of hydrogen-bond donors (Lipinski definition) is 1. The summed E-state index contributed by atoms with van der Waals surface area (Å²) in [6.45, 7) is 3.38. The molecule has 0 aliphatic rings. The number of H-pyrrole nitrogens is 1. The topological polar surface area (TPSA) is 72.0 Å². The van der Waals surface area contributed by atoms with Crippen LogP contribution in [-0.4, -0.2) is 22.8 Å². The SMILES string of the molecule is CCOC(=O)c1c(Cl)n[nH]c(=O)c1C. The van der Waals surface area contributed by atoms with Crippen LogP contribution in [0.25, 0.3) is 0 Å². The molecular weight excluding hydrogens is 208 g/mol. The summed E-state index contributed by atoms with van der Waals surface area (Å²) in [7, 11) is 0. The lowest BCUT2D eigenvalue weighted by Gasteiger charge is -2.04. The Balaban J connectivity index is 3.25. The van der Waals surface area contributed by atoms with Gasteiger partial charge in [0, 0.05) is 5.56 Å². The third kappa shape index (κ3) is 1.93. The highest BCUT2D eigenvalue weighted by molar-refractivity contribution is 6.32. The summed E-state index contributed by atoms with van der Waals surface area (Å²) in [5.41, 5.74) is -0.210. The molecule has 0 saturated heterocycles. The lowest BCUT2D eigenvalue weighted by atomic mass is 10.2. The standard InChI is InChI=1S/C8H9ClN2O3/c1-3-14-8(13)5-4(2)7(12)11-10-6(5)9/h3H2,1-2H3,(H,11,12). The summed E-state index contributed by atoms with van der Waals surface area (Å²) in [6, 6.07) is 0. The highest BCUT2D eigenvalue weighted by Gasteiger charge is 2.17. The summed E-state index contributed by atoms with van der Waals surface area (Å²) < 4.78 is 4.73. The van der Waals surface area contributed by atoms with E-state index < -0.39 is 11.5 Å². The van der Waals surface area contributed by atoms with Gasteiger partial charge in [-0.3, -0.25) is 4.79 Å². The Kier molecular flexibility index (Phi) is 3.24. The van der Waals surface area contributed by atoms with Crippen molar-refractivity contribution < 1.29 is 9.53 Å². The van der Waals surface area contributed by atoms with Crippen molar-refractivity contribution in [1.29, 1.82) is 0 Å². The van der Waals surface area contributed by atoms with E-state index in [0.29, 0.717) is 0 Å². The fourth-order valence-corrected chi connectivity index (χ4v) is 1.21. The van der Waals surface area contributed by atoms with E-state index in [1.807, 2.05) is 0 Å². The minimum atomic E-state index is -0.631. The zero-order chi connectivity index (χ0) is 10.7. The molecule has 0 aliphatic carbocycles. The van der Waals surface area contributed by atoms with Gasteiger partial charge in [-0.2, -0.15) is 5.10 Å². The lowest BCUT2D eigenvalue weighted by Crippen LogP contribution is -2.19. The fourth-order valence-electron chi connectivity index (χ4n) is 0.948. The van der Waals surface area contributed by atoms with Gasteiger partial charge in [0.25, 0.3) is 5.56 Å². The molecule has 0 radical (unpaired) electrons. The van der Waals surface area contributed by atoms with Gasteiger partial charge in [0.1, 0.15) is 5.56 Å². The van der Waals surface area contributed by atoms with Crippen molar-refractivity contribution in [2.75, 3.05) is 6.61 Å². The van der Waals surface area contributed by atoms with E-state index >= 15 is 0 Å². The summed E-state index contributed by atoms with van der Waals surface area (Å²) in [6.07, 6.45) is 0. The largest absolute Gasteiger partial charge is 0.462 e. The van der Waals surface area contributed by atoms with Crippen LogP contribution >= 0.6 is 11.6 Å². The molecule has 1 rings (SSSR count). The summed E-state index contributed by atoms with van der Waals surface area (Å²) in [5, 5.41) is 5.57. The molecule has 1 N–H and O–H groups in total. The predicted octanol–water partition coefficient (Wildman–Crippen LogP) is 0.908. The molecule has 0 unspecified atom stereocenters. The summed E-state index contributed by atoms with van der Waals surface area (Å²) in [4.78, 5) is 22.5. The zero-order valence-electron chi connectivity index (χ0n) is 7.76. The normalized spacial score (nSPS) is 9.93. The van der Waals surface area contributed by atoms with Crippen molar-refractivity contribution in [3.63, 3.8) is 0 Å². The average Bonchev–Trinajstić information content (AvgIpc) is 2.13. The highest BCUT2D eigenvalue weighted by Crippen LogP contribution is 2.14. The number of halogens is 1. The minimum absolute atomic E-state index is 0.0252. The first kappa shape index (κ1) is 10.7. The number of esters is 1. The number of carbonyl (C=O) groups is 1. The van der Waals surface area contributed by atoms with Crippen molar-refractivity contribution in [3.8, 4) is 0 Å². The molecule has 0 saturated carbocycles.